The molecule has 5 rings (SSSR count). The number of benzene rings is 2. The van der Waals surface area contributed by atoms with Gasteiger partial charge in [0.25, 0.3) is 0 Å². The third-order valence-electron chi connectivity index (χ3n) is 6.67. The van der Waals surface area contributed by atoms with Crippen molar-refractivity contribution in [2.45, 2.75) is 52.7 Å². The van der Waals surface area contributed by atoms with Gasteiger partial charge in [0.05, 0.1) is 17.7 Å². The zero-order valence-corrected chi connectivity index (χ0v) is 22.9. The summed E-state index contributed by atoms with van der Waals surface area (Å²) in [5, 5.41) is 29.2. The first-order valence-corrected chi connectivity index (χ1v) is 13.3. The summed E-state index contributed by atoms with van der Waals surface area (Å²) in [7, 11) is 0. The highest BCUT2D eigenvalue weighted by molar-refractivity contribution is 7.15. The monoisotopic (exact) mass is 526 g/mol. The van der Waals surface area contributed by atoms with Crippen LogP contribution in [0.2, 0.25) is 0 Å². The smallest absolute Gasteiger partial charge is 0.306 e. The standard InChI is InChI=1S/C30H30N4O3S/c1-17-18(2)38-29-26(17)27(31-24(16-25(35)36)28-33-32-19(3)34(28)29)22-11-9-21(10-12-22)23-8-6-7-20(15-23)13-14-30(4,5)37/h6-15,24,37H,16H2,1-5H3,(H,35,36)/t24-/m0/s1. The Morgan fingerprint density at radius 2 is 1.76 bits per heavy atom. The molecule has 3 heterocycles. The number of carboxylic acid groups (broad SMARTS) is 1. The van der Waals surface area contributed by atoms with E-state index in [0.29, 0.717) is 11.6 Å². The second-order valence-electron chi connectivity index (χ2n) is 10.2. The number of aromatic nitrogens is 3. The number of rotatable bonds is 6. The summed E-state index contributed by atoms with van der Waals surface area (Å²) in [6, 6.07) is 15.7. The Hall–Kier alpha value is -3.88. The highest BCUT2D eigenvalue weighted by Crippen LogP contribution is 2.39. The molecule has 0 amide bonds. The van der Waals surface area contributed by atoms with Gasteiger partial charge in [-0.05, 0) is 62.9 Å². The second kappa shape index (κ2) is 9.78. The Bertz CT molecular complexity index is 1590. The van der Waals surface area contributed by atoms with Crippen LogP contribution in [0, 0.1) is 20.8 Å². The molecule has 1 aliphatic rings. The molecule has 0 spiro atoms. The van der Waals surface area contributed by atoms with Crippen molar-refractivity contribution in [2.75, 3.05) is 0 Å². The number of hydrogen-bond acceptors (Lipinski definition) is 6. The average molecular weight is 527 g/mol. The molecule has 0 saturated heterocycles. The minimum atomic E-state index is -0.933. The van der Waals surface area contributed by atoms with E-state index in [0.717, 1.165) is 44.1 Å². The SMILES string of the molecule is Cc1sc2c(c1C)C(c1ccc(-c3cccc(C=CC(C)(C)O)c3)cc1)=N[C@@H](CC(=O)O)c1nnc(C)n1-2. The summed E-state index contributed by atoms with van der Waals surface area (Å²) in [5.74, 6) is 0.329. The summed E-state index contributed by atoms with van der Waals surface area (Å²) in [5.41, 5.74) is 6.04. The van der Waals surface area contributed by atoms with E-state index in [2.05, 4.69) is 48.3 Å². The molecule has 194 valence electrons. The maximum absolute atomic E-state index is 11.8. The van der Waals surface area contributed by atoms with Gasteiger partial charge < -0.3 is 10.2 Å². The molecule has 2 aromatic carbocycles. The van der Waals surface area contributed by atoms with Crippen molar-refractivity contribution in [3.05, 3.63) is 93.4 Å². The number of aliphatic imine (C=N–C) groups is 1. The van der Waals surface area contributed by atoms with Gasteiger partial charge in [0.1, 0.15) is 16.9 Å². The molecule has 0 unspecified atom stereocenters. The van der Waals surface area contributed by atoms with E-state index < -0.39 is 17.6 Å². The van der Waals surface area contributed by atoms with Crippen LogP contribution in [-0.2, 0) is 4.79 Å². The van der Waals surface area contributed by atoms with Gasteiger partial charge in [-0.1, -0.05) is 54.6 Å². The molecule has 1 aliphatic heterocycles. The molecule has 38 heavy (non-hydrogen) atoms. The quantitative estimate of drug-likeness (QED) is 0.317. The zero-order chi connectivity index (χ0) is 27.2. The van der Waals surface area contributed by atoms with Gasteiger partial charge >= 0.3 is 5.97 Å². The van der Waals surface area contributed by atoms with Crippen molar-refractivity contribution in [3.63, 3.8) is 0 Å². The van der Waals surface area contributed by atoms with E-state index in [4.69, 9.17) is 4.99 Å². The van der Waals surface area contributed by atoms with Crippen LogP contribution in [-0.4, -0.2) is 42.3 Å². The normalized spacial score (nSPS) is 15.2. The maximum atomic E-state index is 11.8. The number of nitrogens with zero attached hydrogens (tertiary/aromatic N) is 4. The average Bonchev–Trinajstić information content (AvgIpc) is 3.34. The molecule has 2 N–H and O–H groups in total. The van der Waals surface area contributed by atoms with Crippen LogP contribution in [0.25, 0.3) is 22.2 Å². The molecule has 2 aromatic heterocycles. The molecule has 8 heteroatoms. The van der Waals surface area contributed by atoms with Crippen LogP contribution in [0.1, 0.15) is 65.1 Å². The predicted octanol–water partition coefficient (Wildman–Crippen LogP) is 6.07. The van der Waals surface area contributed by atoms with Gasteiger partial charge in [-0.3, -0.25) is 14.4 Å². The molecule has 0 fully saturated rings. The number of fused-ring (bicyclic) bond motifs is 3. The van der Waals surface area contributed by atoms with Crippen LogP contribution in [0.5, 0.6) is 0 Å². The van der Waals surface area contributed by atoms with Crippen LogP contribution in [0.4, 0.5) is 0 Å². The number of aliphatic hydroxyl groups is 1. The van der Waals surface area contributed by atoms with Crippen LogP contribution in [0.15, 0.2) is 59.6 Å². The zero-order valence-electron chi connectivity index (χ0n) is 22.1. The number of aliphatic carboxylic acids is 1. The van der Waals surface area contributed by atoms with Crippen molar-refractivity contribution in [1.82, 2.24) is 14.8 Å². The number of hydrogen-bond donors (Lipinski definition) is 2. The minimum absolute atomic E-state index is 0.169. The fourth-order valence-corrected chi connectivity index (χ4v) is 5.85. The summed E-state index contributed by atoms with van der Waals surface area (Å²) < 4.78 is 1.96. The molecule has 1 atom stereocenters. The highest BCUT2D eigenvalue weighted by Gasteiger charge is 2.32. The largest absolute Gasteiger partial charge is 0.481 e. The number of aryl methyl sites for hydroxylation is 2. The van der Waals surface area contributed by atoms with E-state index >= 15 is 0 Å². The Balaban J connectivity index is 1.59. The van der Waals surface area contributed by atoms with Crippen LogP contribution < -0.4 is 0 Å². The van der Waals surface area contributed by atoms with Gasteiger partial charge in [0, 0.05) is 16.0 Å². The maximum Gasteiger partial charge on any atom is 0.306 e. The van der Waals surface area contributed by atoms with Gasteiger partial charge in [-0.25, -0.2) is 0 Å². The van der Waals surface area contributed by atoms with Crippen LogP contribution in [0.3, 0.4) is 0 Å². The Labute approximate surface area is 225 Å². The first kappa shape index (κ1) is 25.8. The molecule has 0 saturated carbocycles. The lowest BCUT2D eigenvalue weighted by Crippen LogP contribution is -2.13. The molecule has 7 nitrogen and oxygen atoms in total. The van der Waals surface area contributed by atoms with Gasteiger partial charge in [-0.2, -0.15) is 0 Å². The van der Waals surface area contributed by atoms with Crippen molar-refractivity contribution >= 4 is 29.1 Å². The second-order valence-corrected chi connectivity index (χ2v) is 11.4. The highest BCUT2D eigenvalue weighted by atomic mass is 32.1. The van der Waals surface area contributed by atoms with Crippen LogP contribution >= 0.6 is 11.3 Å². The lowest BCUT2D eigenvalue weighted by Gasteiger charge is -2.12. The topological polar surface area (TPSA) is 101 Å². The first-order chi connectivity index (χ1) is 18.0. The number of carboxylic acids is 1. The summed E-state index contributed by atoms with van der Waals surface area (Å²) in [6.07, 6.45) is 3.53. The van der Waals surface area contributed by atoms with E-state index in [-0.39, 0.29) is 6.42 Å². The van der Waals surface area contributed by atoms with Gasteiger partial charge in [-0.15, -0.1) is 21.5 Å². The Kier molecular flexibility index (Phi) is 6.63. The van der Waals surface area contributed by atoms with Crippen molar-refractivity contribution in [2.24, 2.45) is 4.99 Å². The Morgan fingerprint density at radius 1 is 1.05 bits per heavy atom. The lowest BCUT2D eigenvalue weighted by molar-refractivity contribution is -0.137. The third kappa shape index (κ3) is 4.97. The van der Waals surface area contributed by atoms with E-state index in [1.54, 1.807) is 31.3 Å². The van der Waals surface area contributed by atoms with E-state index in [1.807, 2.05) is 41.8 Å². The summed E-state index contributed by atoms with van der Waals surface area (Å²) in [6.45, 7) is 9.54. The fourth-order valence-electron chi connectivity index (χ4n) is 4.63. The molecule has 0 aliphatic carbocycles. The lowest BCUT2D eigenvalue weighted by atomic mass is 9.96. The van der Waals surface area contributed by atoms with Crippen molar-refractivity contribution in [3.8, 4) is 16.1 Å². The molecule has 0 bridgehead atoms. The number of thiophene rings is 1. The molecule has 0 radical (unpaired) electrons. The number of carbonyl (C=O) groups is 1. The van der Waals surface area contributed by atoms with E-state index in [1.165, 1.54) is 4.88 Å². The van der Waals surface area contributed by atoms with Gasteiger partial charge in [0.2, 0.25) is 0 Å². The first-order valence-electron chi connectivity index (χ1n) is 12.5. The fraction of sp³-hybridized carbons (Fsp3) is 0.267. The molecule has 4 aromatic rings. The summed E-state index contributed by atoms with van der Waals surface area (Å²) in [4.78, 5) is 17.9. The summed E-state index contributed by atoms with van der Waals surface area (Å²) >= 11 is 1.65. The van der Waals surface area contributed by atoms with Gasteiger partial charge in [0.15, 0.2) is 5.82 Å². The third-order valence-corrected chi connectivity index (χ3v) is 7.86. The van der Waals surface area contributed by atoms with Crippen molar-refractivity contribution < 1.29 is 15.0 Å². The minimum Gasteiger partial charge on any atom is -0.481 e. The van der Waals surface area contributed by atoms with E-state index in [9.17, 15) is 15.0 Å². The van der Waals surface area contributed by atoms with Crippen molar-refractivity contribution in [1.29, 1.82) is 0 Å². The molecular formula is C30H30N4O3S. The molecular weight excluding hydrogens is 496 g/mol. The predicted molar refractivity (Wildman–Crippen MR) is 151 cm³/mol. The Morgan fingerprint density at radius 3 is 2.45 bits per heavy atom.